The van der Waals surface area contributed by atoms with E-state index in [2.05, 4.69) is 0 Å². The number of halogens is 2. The number of carbonyl (C=O) groups is 1. The minimum Gasteiger partial charge on any atom is -0.462 e. The Morgan fingerprint density at radius 3 is 2.20 bits per heavy atom. The van der Waals surface area contributed by atoms with Gasteiger partial charge in [0.2, 0.25) is 0 Å². The molecule has 0 spiro atoms. The summed E-state index contributed by atoms with van der Waals surface area (Å²) in [4.78, 5) is 11.3. The highest BCUT2D eigenvalue weighted by molar-refractivity contribution is 5.89. The third kappa shape index (κ3) is 6.37. The maximum atomic E-state index is 11.3. The lowest BCUT2D eigenvalue weighted by atomic mass is 10.2. The van der Waals surface area contributed by atoms with Gasteiger partial charge in [0, 0.05) is 0 Å². The van der Waals surface area contributed by atoms with Crippen LogP contribution in [0.3, 0.4) is 0 Å². The Hall–Kier alpha value is -0.730. The van der Waals surface area contributed by atoms with E-state index in [4.69, 9.17) is 4.74 Å². The first kappa shape index (κ1) is 16.7. The van der Waals surface area contributed by atoms with Gasteiger partial charge in [-0.15, -0.1) is 24.8 Å². The van der Waals surface area contributed by atoms with Crippen molar-refractivity contribution in [2.45, 2.75) is 13.8 Å². The van der Waals surface area contributed by atoms with Crippen molar-refractivity contribution in [3.63, 3.8) is 0 Å². The molecule has 0 heterocycles. The van der Waals surface area contributed by atoms with Crippen LogP contribution in [0.5, 0.6) is 0 Å². The maximum Gasteiger partial charge on any atom is 0.338 e. The lowest BCUT2D eigenvalue weighted by Crippen LogP contribution is -2.09. The van der Waals surface area contributed by atoms with Crippen LogP contribution in [0.15, 0.2) is 30.3 Å². The molecule has 0 unspecified atom stereocenters. The first-order valence-corrected chi connectivity index (χ1v) is 4.42. The van der Waals surface area contributed by atoms with E-state index in [0.29, 0.717) is 18.1 Å². The van der Waals surface area contributed by atoms with Crippen molar-refractivity contribution in [1.82, 2.24) is 0 Å². The summed E-state index contributed by atoms with van der Waals surface area (Å²) in [5.74, 6) is 0.141. The molecule has 1 aromatic rings. The zero-order chi connectivity index (χ0) is 9.68. The Balaban J connectivity index is 0. The van der Waals surface area contributed by atoms with E-state index >= 15 is 0 Å². The summed E-state index contributed by atoms with van der Waals surface area (Å²) in [6.07, 6.45) is 0. The smallest absolute Gasteiger partial charge is 0.338 e. The first-order chi connectivity index (χ1) is 6.20. The van der Waals surface area contributed by atoms with Crippen LogP contribution < -0.4 is 0 Å². The van der Waals surface area contributed by atoms with Crippen molar-refractivity contribution in [2.75, 3.05) is 6.61 Å². The van der Waals surface area contributed by atoms with Crippen LogP contribution in [-0.2, 0) is 4.74 Å². The second-order valence-corrected chi connectivity index (χ2v) is 3.36. The predicted molar refractivity (Wildman–Crippen MR) is 66.1 cm³/mol. The van der Waals surface area contributed by atoms with Gasteiger partial charge in [0.15, 0.2) is 0 Å². The molecule has 0 aliphatic carbocycles. The lowest BCUT2D eigenvalue weighted by Gasteiger charge is -2.06. The molecule has 0 aliphatic rings. The molecule has 0 aromatic heterocycles. The number of hydrogen-bond donors (Lipinski definition) is 0. The molecular weight excluding hydrogens is 235 g/mol. The molecule has 0 radical (unpaired) electrons. The van der Waals surface area contributed by atoms with E-state index < -0.39 is 0 Å². The van der Waals surface area contributed by atoms with Gasteiger partial charge in [0.1, 0.15) is 0 Å². The summed E-state index contributed by atoms with van der Waals surface area (Å²) in [6.45, 7) is 4.50. The van der Waals surface area contributed by atoms with Crippen LogP contribution in [0.4, 0.5) is 0 Å². The van der Waals surface area contributed by atoms with Crippen LogP contribution in [0.2, 0.25) is 0 Å². The van der Waals surface area contributed by atoms with Gasteiger partial charge in [-0.1, -0.05) is 32.0 Å². The highest BCUT2D eigenvalue weighted by Gasteiger charge is 2.05. The standard InChI is InChI=1S/C11H14O2.2ClH/c1-9(2)8-13-11(12)10-6-4-3-5-7-10;;/h3-7,9H,8H2,1-2H3;2*1H. The molecule has 86 valence electrons. The number of hydrogen-bond acceptors (Lipinski definition) is 2. The van der Waals surface area contributed by atoms with Gasteiger partial charge in [-0.05, 0) is 18.1 Å². The van der Waals surface area contributed by atoms with Crippen molar-refractivity contribution >= 4 is 30.8 Å². The molecule has 0 atom stereocenters. The second kappa shape index (κ2) is 8.57. The largest absolute Gasteiger partial charge is 0.462 e. The summed E-state index contributed by atoms with van der Waals surface area (Å²) in [5.41, 5.74) is 0.614. The minimum absolute atomic E-state index is 0. The highest BCUT2D eigenvalue weighted by atomic mass is 35.5. The Labute approximate surface area is 103 Å². The van der Waals surface area contributed by atoms with Gasteiger partial charge in [0.05, 0.1) is 12.2 Å². The van der Waals surface area contributed by atoms with Gasteiger partial charge in [-0.25, -0.2) is 4.79 Å². The highest BCUT2D eigenvalue weighted by Crippen LogP contribution is 2.02. The van der Waals surface area contributed by atoms with Crippen LogP contribution in [0, 0.1) is 5.92 Å². The number of carbonyl (C=O) groups excluding carboxylic acids is 1. The molecule has 1 aromatic carbocycles. The Bertz CT molecular complexity index is 273. The Kier molecular flexibility index (Phi) is 9.53. The molecule has 0 N–H and O–H groups in total. The van der Waals surface area contributed by atoms with Crippen molar-refractivity contribution in [2.24, 2.45) is 5.92 Å². The molecule has 15 heavy (non-hydrogen) atoms. The SMILES string of the molecule is CC(C)COC(=O)c1ccccc1.Cl.Cl. The second-order valence-electron chi connectivity index (χ2n) is 3.36. The van der Waals surface area contributed by atoms with Crippen LogP contribution in [-0.4, -0.2) is 12.6 Å². The monoisotopic (exact) mass is 250 g/mol. The van der Waals surface area contributed by atoms with Crippen molar-refractivity contribution in [3.8, 4) is 0 Å². The van der Waals surface area contributed by atoms with Crippen molar-refractivity contribution < 1.29 is 9.53 Å². The predicted octanol–water partition coefficient (Wildman–Crippen LogP) is 3.34. The summed E-state index contributed by atoms with van der Waals surface area (Å²) in [7, 11) is 0. The average molecular weight is 251 g/mol. The zero-order valence-corrected chi connectivity index (χ0v) is 10.4. The van der Waals surface area contributed by atoms with Gasteiger partial charge in [-0.3, -0.25) is 0 Å². The van der Waals surface area contributed by atoms with Crippen LogP contribution in [0.25, 0.3) is 0 Å². The molecule has 0 saturated heterocycles. The molecule has 0 aliphatic heterocycles. The van der Waals surface area contributed by atoms with Gasteiger partial charge >= 0.3 is 5.97 Å². The molecule has 2 nitrogen and oxygen atoms in total. The molecular formula is C11H16Cl2O2. The molecule has 0 fully saturated rings. The van der Waals surface area contributed by atoms with Crippen molar-refractivity contribution in [3.05, 3.63) is 35.9 Å². The van der Waals surface area contributed by atoms with E-state index in [1.165, 1.54) is 0 Å². The molecule has 0 bridgehead atoms. The fourth-order valence-electron chi connectivity index (χ4n) is 0.900. The van der Waals surface area contributed by atoms with Crippen LogP contribution in [0.1, 0.15) is 24.2 Å². The Morgan fingerprint density at radius 2 is 1.73 bits per heavy atom. The maximum absolute atomic E-state index is 11.3. The third-order valence-electron chi connectivity index (χ3n) is 1.56. The van der Waals surface area contributed by atoms with E-state index in [-0.39, 0.29) is 30.8 Å². The topological polar surface area (TPSA) is 26.3 Å². The first-order valence-electron chi connectivity index (χ1n) is 4.42. The normalized spacial score (nSPS) is 8.73. The third-order valence-corrected chi connectivity index (χ3v) is 1.56. The molecule has 1 rings (SSSR count). The fourth-order valence-corrected chi connectivity index (χ4v) is 0.900. The zero-order valence-electron chi connectivity index (χ0n) is 8.80. The van der Waals surface area contributed by atoms with Crippen molar-refractivity contribution in [1.29, 1.82) is 0 Å². The summed E-state index contributed by atoms with van der Waals surface area (Å²) >= 11 is 0. The number of benzene rings is 1. The lowest BCUT2D eigenvalue weighted by molar-refractivity contribution is 0.0459. The summed E-state index contributed by atoms with van der Waals surface area (Å²) in [6, 6.07) is 9.03. The van der Waals surface area contributed by atoms with E-state index in [0.717, 1.165) is 0 Å². The fraction of sp³-hybridized carbons (Fsp3) is 0.364. The van der Waals surface area contributed by atoms with E-state index in [9.17, 15) is 4.79 Å². The van der Waals surface area contributed by atoms with E-state index in [1.807, 2.05) is 32.0 Å². The summed E-state index contributed by atoms with van der Waals surface area (Å²) < 4.78 is 5.05. The van der Waals surface area contributed by atoms with Gasteiger partial charge in [-0.2, -0.15) is 0 Å². The van der Waals surface area contributed by atoms with Crippen LogP contribution >= 0.6 is 24.8 Å². The summed E-state index contributed by atoms with van der Waals surface area (Å²) in [5, 5.41) is 0. The van der Waals surface area contributed by atoms with Gasteiger partial charge in [0.25, 0.3) is 0 Å². The minimum atomic E-state index is -0.241. The molecule has 4 heteroatoms. The Morgan fingerprint density at radius 1 is 1.20 bits per heavy atom. The quantitative estimate of drug-likeness (QED) is 0.770. The van der Waals surface area contributed by atoms with E-state index in [1.54, 1.807) is 12.1 Å². The molecule has 0 amide bonds. The number of rotatable bonds is 3. The number of ether oxygens (including phenoxy) is 1. The molecule has 0 saturated carbocycles. The van der Waals surface area contributed by atoms with Gasteiger partial charge < -0.3 is 4.74 Å². The average Bonchev–Trinajstić information content (AvgIpc) is 2.15. The number of esters is 1.